The monoisotopic (exact) mass is 277 g/mol. The molecule has 0 aromatic carbocycles. The number of fused-ring (bicyclic) bond motifs is 1. The average Bonchev–Trinajstić information content (AvgIpc) is 3.02. The van der Waals surface area contributed by atoms with Crippen molar-refractivity contribution >= 4 is 17.1 Å². The molecule has 0 bridgehead atoms. The molecule has 20 heavy (non-hydrogen) atoms. The van der Waals surface area contributed by atoms with Gasteiger partial charge in [0, 0.05) is 13.7 Å². The van der Waals surface area contributed by atoms with Gasteiger partial charge in [0.25, 0.3) is 0 Å². The largest absolute Gasteiger partial charge is 0.373 e. The molecule has 1 aliphatic heterocycles. The lowest BCUT2D eigenvalue weighted by Crippen LogP contribution is -2.30. The Bertz CT molecular complexity index is 621. The predicted molar refractivity (Wildman–Crippen MR) is 78.5 cm³/mol. The van der Waals surface area contributed by atoms with Gasteiger partial charge in [0.05, 0.1) is 17.8 Å². The summed E-state index contributed by atoms with van der Waals surface area (Å²) in [5.74, 6) is 0.557. The lowest BCUT2D eigenvalue weighted by atomic mass is 10.0. The first-order chi connectivity index (χ1) is 9.54. The van der Waals surface area contributed by atoms with Crippen molar-refractivity contribution in [2.24, 2.45) is 7.05 Å². The van der Waals surface area contributed by atoms with Crippen molar-refractivity contribution in [2.75, 3.05) is 12.3 Å². The first-order valence-electron chi connectivity index (χ1n) is 7.35. The number of anilines is 1. The van der Waals surface area contributed by atoms with Crippen molar-refractivity contribution in [3.8, 4) is 0 Å². The van der Waals surface area contributed by atoms with E-state index in [4.69, 9.17) is 10.5 Å². The van der Waals surface area contributed by atoms with Crippen molar-refractivity contribution in [1.29, 1.82) is 0 Å². The normalized spacial score (nSPS) is 22.9. The Morgan fingerprint density at radius 3 is 2.90 bits per heavy atom. The minimum Gasteiger partial charge on any atom is -0.373 e. The zero-order chi connectivity index (χ0) is 14.3. The number of rotatable bonds is 4. The van der Waals surface area contributed by atoms with Gasteiger partial charge in [0.2, 0.25) is 5.95 Å². The van der Waals surface area contributed by atoms with Gasteiger partial charge in [0.15, 0.2) is 5.65 Å². The van der Waals surface area contributed by atoms with E-state index >= 15 is 0 Å². The van der Waals surface area contributed by atoms with Gasteiger partial charge in [-0.15, -0.1) is 0 Å². The topological polar surface area (TPSA) is 70.9 Å². The summed E-state index contributed by atoms with van der Waals surface area (Å²) < 4.78 is 9.82. The standard InChI is InChI=1S/C14H23N5O/c1-4-6-10-11-12(18(3)17-10)19(13(15)16-11)9-14(2)7-5-8-20-14/h4-9H2,1-3H3,(H2,15,16). The van der Waals surface area contributed by atoms with E-state index in [1.54, 1.807) is 0 Å². The first kappa shape index (κ1) is 13.4. The van der Waals surface area contributed by atoms with Gasteiger partial charge in [0.1, 0.15) is 5.52 Å². The second-order valence-electron chi connectivity index (χ2n) is 5.95. The Hall–Kier alpha value is -1.56. The highest BCUT2D eigenvalue weighted by Crippen LogP contribution is 2.30. The highest BCUT2D eigenvalue weighted by molar-refractivity contribution is 5.77. The van der Waals surface area contributed by atoms with Gasteiger partial charge in [-0.3, -0.25) is 9.25 Å². The van der Waals surface area contributed by atoms with Gasteiger partial charge in [-0.2, -0.15) is 5.10 Å². The highest BCUT2D eigenvalue weighted by atomic mass is 16.5. The maximum Gasteiger partial charge on any atom is 0.202 e. The molecule has 6 nitrogen and oxygen atoms in total. The molecule has 1 atom stereocenters. The Kier molecular flexibility index (Phi) is 3.20. The van der Waals surface area contributed by atoms with E-state index in [9.17, 15) is 0 Å². The molecule has 2 aromatic heterocycles. The maximum absolute atomic E-state index is 6.12. The zero-order valence-corrected chi connectivity index (χ0v) is 12.5. The van der Waals surface area contributed by atoms with E-state index < -0.39 is 0 Å². The summed E-state index contributed by atoms with van der Waals surface area (Å²) in [5.41, 5.74) is 8.96. The lowest BCUT2D eigenvalue weighted by molar-refractivity contribution is 0.00730. The molecule has 3 heterocycles. The summed E-state index contributed by atoms with van der Waals surface area (Å²) >= 11 is 0. The van der Waals surface area contributed by atoms with E-state index in [2.05, 4.69) is 23.9 Å². The lowest BCUT2D eigenvalue weighted by Gasteiger charge is -2.24. The number of nitrogens with two attached hydrogens (primary N) is 1. The molecule has 110 valence electrons. The first-order valence-corrected chi connectivity index (χ1v) is 7.35. The van der Waals surface area contributed by atoms with Crippen LogP contribution in [-0.4, -0.2) is 31.5 Å². The summed E-state index contributed by atoms with van der Waals surface area (Å²) in [4.78, 5) is 4.53. The van der Waals surface area contributed by atoms with Gasteiger partial charge in [-0.05, 0) is 26.2 Å². The number of ether oxygens (including phenoxy) is 1. The predicted octanol–water partition coefficient (Wildman–Crippen LogP) is 1.87. The molecule has 1 unspecified atom stereocenters. The summed E-state index contributed by atoms with van der Waals surface area (Å²) in [7, 11) is 1.96. The van der Waals surface area contributed by atoms with Crippen LogP contribution in [0.2, 0.25) is 0 Å². The number of aryl methyl sites for hydroxylation is 2. The third kappa shape index (κ3) is 2.08. The molecule has 6 heteroatoms. The van der Waals surface area contributed by atoms with E-state index in [-0.39, 0.29) is 5.60 Å². The van der Waals surface area contributed by atoms with Crippen molar-refractivity contribution in [1.82, 2.24) is 19.3 Å². The van der Waals surface area contributed by atoms with Crippen LogP contribution in [0.5, 0.6) is 0 Å². The fraction of sp³-hybridized carbons (Fsp3) is 0.714. The molecule has 0 spiro atoms. The summed E-state index contributed by atoms with van der Waals surface area (Å²) in [6, 6.07) is 0. The van der Waals surface area contributed by atoms with Gasteiger partial charge in [-0.25, -0.2) is 4.98 Å². The van der Waals surface area contributed by atoms with Crippen LogP contribution in [0.1, 0.15) is 38.8 Å². The van der Waals surface area contributed by atoms with Crippen molar-refractivity contribution in [3.63, 3.8) is 0 Å². The van der Waals surface area contributed by atoms with Crippen molar-refractivity contribution in [3.05, 3.63) is 5.69 Å². The number of hydrogen-bond acceptors (Lipinski definition) is 4. The second kappa shape index (κ2) is 4.77. The number of imidazole rings is 1. The summed E-state index contributed by atoms with van der Waals surface area (Å²) in [5, 5.41) is 4.58. The summed E-state index contributed by atoms with van der Waals surface area (Å²) in [6.07, 6.45) is 4.16. The van der Waals surface area contributed by atoms with Gasteiger partial charge in [-0.1, -0.05) is 13.3 Å². The van der Waals surface area contributed by atoms with Crippen LogP contribution in [0.25, 0.3) is 11.2 Å². The molecular formula is C14H23N5O. The zero-order valence-electron chi connectivity index (χ0n) is 12.5. The van der Waals surface area contributed by atoms with Crippen LogP contribution < -0.4 is 5.73 Å². The minimum absolute atomic E-state index is 0.142. The van der Waals surface area contributed by atoms with E-state index in [1.165, 1.54) is 0 Å². The molecule has 1 saturated heterocycles. The van der Waals surface area contributed by atoms with Crippen molar-refractivity contribution < 1.29 is 4.74 Å². The molecular weight excluding hydrogens is 254 g/mol. The molecule has 0 aliphatic carbocycles. The summed E-state index contributed by atoms with van der Waals surface area (Å²) in [6.45, 7) is 5.87. The molecule has 1 fully saturated rings. The molecule has 3 rings (SSSR count). The van der Waals surface area contributed by atoms with E-state index in [0.29, 0.717) is 5.95 Å². The Balaban J connectivity index is 2.04. The van der Waals surface area contributed by atoms with Crippen LogP contribution in [0.15, 0.2) is 0 Å². The van der Waals surface area contributed by atoms with Gasteiger partial charge >= 0.3 is 0 Å². The van der Waals surface area contributed by atoms with Crippen LogP contribution in [0, 0.1) is 0 Å². The van der Waals surface area contributed by atoms with Crippen LogP contribution in [0.3, 0.4) is 0 Å². The van der Waals surface area contributed by atoms with Crippen molar-refractivity contribution in [2.45, 2.75) is 51.7 Å². The smallest absolute Gasteiger partial charge is 0.202 e. The van der Waals surface area contributed by atoms with Crippen LogP contribution in [0.4, 0.5) is 5.95 Å². The molecule has 2 N–H and O–H groups in total. The fourth-order valence-electron chi connectivity index (χ4n) is 3.12. The Morgan fingerprint density at radius 1 is 1.45 bits per heavy atom. The molecule has 0 radical (unpaired) electrons. The molecule has 0 saturated carbocycles. The molecule has 2 aromatic rings. The highest BCUT2D eigenvalue weighted by Gasteiger charge is 2.32. The van der Waals surface area contributed by atoms with Gasteiger partial charge < -0.3 is 10.5 Å². The molecule has 1 aliphatic rings. The number of nitrogen functional groups attached to an aromatic ring is 1. The van der Waals surface area contributed by atoms with Crippen LogP contribution in [-0.2, 0) is 24.8 Å². The Morgan fingerprint density at radius 2 is 2.25 bits per heavy atom. The fourth-order valence-corrected chi connectivity index (χ4v) is 3.12. The van der Waals surface area contributed by atoms with E-state index in [0.717, 1.165) is 55.7 Å². The number of aromatic nitrogens is 4. The quantitative estimate of drug-likeness (QED) is 0.926. The maximum atomic E-state index is 6.12. The molecule has 0 amide bonds. The SMILES string of the molecule is CCCc1nn(C)c2c1nc(N)n2CC1(C)CCCO1. The number of hydrogen-bond donors (Lipinski definition) is 1. The second-order valence-corrected chi connectivity index (χ2v) is 5.95. The van der Waals surface area contributed by atoms with Crippen LogP contribution >= 0.6 is 0 Å². The number of nitrogens with zero attached hydrogens (tertiary/aromatic N) is 4. The average molecular weight is 277 g/mol. The Labute approximate surface area is 118 Å². The van der Waals surface area contributed by atoms with E-state index in [1.807, 2.05) is 16.3 Å². The third-order valence-corrected chi connectivity index (χ3v) is 4.10. The third-order valence-electron chi connectivity index (χ3n) is 4.10. The minimum atomic E-state index is -0.142.